The summed E-state index contributed by atoms with van der Waals surface area (Å²) in [7, 11) is 0. The smallest absolute Gasteiger partial charge is 0.234 e. The Morgan fingerprint density at radius 2 is 2.00 bits per heavy atom. The van der Waals surface area contributed by atoms with Gasteiger partial charge < -0.3 is 11.5 Å². The van der Waals surface area contributed by atoms with Gasteiger partial charge in [-0.15, -0.1) is 0 Å². The van der Waals surface area contributed by atoms with Gasteiger partial charge in [-0.3, -0.25) is 9.69 Å². The normalized spacial score (nSPS) is 21.3. The van der Waals surface area contributed by atoms with E-state index in [0.717, 1.165) is 31.4 Å². The van der Waals surface area contributed by atoms with Crippen LogP contribution in [-0.2, 0) is 4.79 Å². The molecule has 2 unspecified atom stereocenters. The number of amides is 1. The second kappa shape index (κ2) is 6.81. The van der Waals surface area contributed by atoms with Gasteiger partial charge in [0.05, 0.1) is 11.0 Å². The number of piperidine rings is 1. The lowest BCUT2D eigenvalue weighted by molar-refractivity contribution is -0.125. The van der Waals surface area contributed by atoms with E-state index in [1.165, 1.54) is 0 Å². The summed E-state index contributed by atoms with van der Waals surface area (Å²) in [5.74, 6) is -0.256. The minimum absolute atomic E-state index is 0.0338. The fourth-order valence-electron chi connectivity index (χ4n) is 2.92. The van der Waals surface area contributed by atoms with E-state index in [2.05, 4.69) is 17.0 Å². The highest BCUT2D eigenvalue weighted by molar-refractivity contribution is 7.80. The second-order valence-corrected chi connectivity index (χ2v) is 5.77. The standard InChI is InChI=1S/C15H21N3OS/c16-14(20)10-13(11-6-2-1-3-7-11)18-9-5-4-8-12(18)15(17)19/h1-3,6-7,12-13H,4-5,8-10H2,(H2,16,20)(H2,17,19). The first kappa shape index (κ1) is 14.9. The maximum atomic E-state index is 11.7. The lowest BCUT2D eigenvalue weighted by Crippen LogP contribution is -2.49. The predicted octanol–water partition coefficient (Wildman–Crippen LogP) is 1.74. The van der Waals surface area contributed by atoms with E-state index in [9.17, 15) is 4.79 Å². The van der Waals surface area contributed by atoms with Crippen molar-refractivity contribution in [2.45, 2.75) is 37.8 Å². The molecule has 20 heavy (non-hydrogen) atoms. The molecule has 0 spiro atoms. The molecule has 108 valence electrons. The summed E-state index contributed by atoms with van der Waals surface area (Å²) in [5.41, 5.74) is 12.4. The summed E-state index contributed by atoms with van der Waals surface area (Å²) in [5, 5.41) is 0. The molecule has 1 aliphatic heterocycles. The zero-order valence-electron chi connectivity index (χ0n) is 11.5. The van der Waals surface area contributed by atoms with Crippen molar-refractivity contribution in [3.8, 4) is 0 Å². The Labute approximate surface area is 125 Å². The number of rotatable bonds is 5. The van der Waals surface area contributed by atoms with Crippen LogP contribution in [0.15, 0.2) is 30.3 Å². The van der Waals surface area contributed by atoms with Gasteiger partial charge in [-0.1, -0.05) is 49.0 Å². The SMILES string of the molecule is NC(=O)C1CCCCN1C(CC(N)=S)c1ccccc1. The Kier molecular flexibility index (Phi) is 5.09. The molecule has 0 aliphatic carbocycles. The molecule has 1 saturated heterocycles. The second-order valence-electron chi connectivity index (χ2n) is 5.25. The third-order valence-electron chi connectivity index (χ3n) is 3.85. The molecule has 1 aliphatic rings. The Bertz CT molecular complexity index is 477. The molecule has 0 aromatic heterocycles. The van der Waals surface area contributed by atoms with Crippen molar-refractivity contribution in [3.05, 3.63) is 35.9 Å². The number of hydrogen-bond acceptors (Lipinski definition) is 3. The molecule has 2 atom stereocenters. The first-order valence-electron chi connectivity index (χ1n) is 6.98. The number of primary amides is 1. The highest BCUT2D eigenvalue weighted by Gasteiger charge is 2.33. The van der Waals surface area contributed by atoms with Crippen LogP contribution in [0.25, 0.3) is 0 Å². The number of carbonyl (C=O) groups is 1. The fourth-order valence-corrected chi connectivity index (χ4v) is 3.08. The molecule has 4 N–H and O–H groups in total. The zero-order valence-corrected chi connectivity index (χ0v) is 12.3. The average Bonchev–Trinajstić information content (AvgIpc) is 2.45. The molecule has 1 aromatic carbocycles. The highest BCUT2D eigenvalue weighted by Crippen LogP contribution is 2.31. The van der Waals surface area contributed by atoms with Gasteiger partial charge in [-0.2, -0.15) is 0 Å². The van der Waals surface area contributed by atoms with Crippen molar-refractivity contribution >= 4 is 23.1 Å². The zero-order chi connectivity index (χ0) is 14.5. The Balaban J connectivity index is 2.29. The molecule has 0 saturated carbocycles. The summed E-state index contributed by atoms with van der Waals surface area (Å²) in [4.78, 5) is 14.3. The van der Waals surface area contributed by atoms with Gasteiger partial charge in [0.25, 0.3) is 0 Å². The van der Waals surface area contributed by atoms with E-state index in [1.807, 2.05) is 18.2 Å². The molecule has 1 heterocycles. The lowest BCUT2D eigenvalue weighted by atomic mass is 9.94. The molecule has 0 radical (unpaired) electrons. The average molecular weight is 291 g/mol. The molecule has 1 aromatic rings. The van der Waals surface area contributed by atoms with Crippen LogP contribution in [0.2, 0.25) is 0 Å². The molecule has 1 amide bonds. The summed E-state index contributed by atoms with van der Waals surface area (Å²) in [6.07, 6.45) is 3.50. The van der Waals surface area contributed by atoms with E-state index in [0.29, 0.717) is 11.4 Å². The highest BCUT2D eigenvalue weighted by atomic mass is 32.1. The number of nitrogens with two attached hydrogens (primary N) is 2. The molecule has 5 heteroatoms. The van der Waals surface area contributed by atoms with E-state index in [1.54, 1.807) is 0 Å². The van der Waals surface area contributed by atoms with E-state index in [4.69, 9.17) is 23.7 Å². The topological polar surface area (TPSA) is 72.4 Å². The van der Waals surface area contributed by atoms with Gasteiger partial charge in [0.1, 0.15) is 0 Å². The van der Waals surface area contributed by atoms with Crippen molar-refractivity contribution in [2.24, 2.45) is 11.5 Å². The number of benzene rings is 1. The third-order valence-corrected chi connectivity index (χ3v) is 4.02. The summed E-state index contributed by atoms with van der Waals surface area (Å²) in [6, 6.07) is 9.87. The molecule has 0 bridgehead atoms. The monoisotopic (exact) mass is 291 g/mol. The van der Waals surface area contributed by atoms with Crippen molar-refractivity contribution < 1.29 is 4.79 Å². The molecule has 4 nitrogen and oxygen atoms in total. The first-order chi connectivity index (χ1) is 9.59. The number of thiocarbonyl (C=S) groups is 1. The van der Waals surface area contributed by atoms with Crippen molar-refractivity contribution in [1.29, 1.82) is 0 Å². The molecular weight excluding hydrogens is 270 g/mol. The molecular formula is C15H21N3OS. The number of hydrogen-bond donors (Lipinski definition) is 2. The Morgan fingerprint density at radius 3 is 2.60 bits per heavy atom. The third kappa shape index (κ3) is 3.55. The summed E-state index contributed by atoms with van der Waals surface area (Å²) in [6.45, 7) is 0.857. The van der Waals surface area contributed by atoms with Crippen LogP contribution in [-0.4, -0.2) is 28.4 Å². The van der Waals surface area contributed by atoms with Crippen LogP contribution in [0.5, 0.6) is 0 Å². The predicted molar refractivity (Wildman–Crippen MR) is 84.1 cm³/mol. The van der Waals surface area contributed by atoms with Crippen molar-refractivity contribution in [3.63, 3.8) is 0 Å². The van der Waals surface area contributed by atoms with Crippen LogP contribution in [0, 0.1) is 0 Å². The molecule has 1 fully saturated rings. The Hall–Kier alpha value is -1.46. The summed E-state index contributed by atoms with van der Waals surface area (Å²) < 4.78 is 0. The van der Waals surface area contributed by atoms with Gasteiger partial charge in [0.15, 0.2) is 0 Å². The van der Waals surface area contributed by atoms with E-state index in [-0.39, 0.29) is 18.0 Å². The maximum Gasteiger partial charge on any atom is 0.234 e. The van der Waals surface area contributed by atoms with Crippen LogP contribution in [0.1, 0.15) is 37.3 Å². The van der Waals surface area contributed by atoms with Crippen molar-refractivity contribution in [2.75, 3.05) is 6.54 Å². The minimum atomic E-state index is -0.256. The number of nitrogens with zero attached hydrogens (tertiary/aromatic N) is 1. The number of carbonyl (C=O) groups excluding carboxylic acids is 1. The Morgan fingerprint density at radius 1 is 1.30 bits per heavy atom. The number of likely N-dealkylation sites (tertiary alicyclic amines) is 1. The largest absolute Gasteiger partial charge is 0.393 e. The van der Waals surface area contributed by atoms with Gasteiger partial charge in [0.2, 0.25) is 5.91 Å². The lowest BCUT2D eigenvalue weighted by Gasteiger charge is -2.39. The van der Waals surface area contributed by atoms with Gasteiger partial charge in [-0.05, 0) is 24.9 Å². The fraction of sp³-hybridized carbons (Fsp3) is 0.467. The quantitative estimate of drug-likeness (QED) is 0.811. The first-order valence-corrected chi connectivity index (χ1v) is 7.38. The van der Waals surface area contributed by atoms with Crippen LogP contribution < -0.4 is 11.5 Å². The van der Waals surface area contributed by atoms with E-state index < -0.39 is 0 Å². The van der Waals surface area contributed by atoms with Gasteiger partial charge in [-0.25, -0.2) is 0 Å². The molecule has 2 rings (SSSR count). The van der Waals surface area contributed by atoms with Crippen molar-refractivity contribution in [1.82, 2.24) is 4.90 Å². The summed E-state index contributed by atoms with van der Waals surface area (Å²) >= 11 is 5.08. The van der Waals surface area contributed by atoms with Crippen LogP contribution in [0.3, 0.4) is 0 Å². The minimum Gasteiger partial charge on any atom is -0.393 e. The van der Waals surface area contributed by atoms with Crippen LogP contribution in [0.4, 0.5) is 0 Å². The van der Waals surface area contributed by atoms with Gasteiger partial charge in [0, 0.05) is 12.5 Å². The van der Waals surface area contributed by atoms with Crippen LogP contribution >= 0.6 is 12.2 Å². The van der Waals surface area contributed by atoms with E-state index >= 15 is 0 Å². The van der Waals surface area contributed by atoms with Gasteiger partial charge >= 0.3 is 0 Å². The maximum absolute atomic E-state index is 11.7.